The largest absolute Gasteiger partial charge is 0.354 e. The molecule has 1 aromatic carbocycles. The number of nitrogens with one attached hydrogen (secondary N) is 2. The maximum absolute atomic E-state index is 13.9. The molecule has 0 aromatic heterocycles. The Labute approximate surface area is 138 Å². The minimum atomic E-state index is -1.09. The maximum Gasteiger partial charge on any atom is 0.270 e. The summed E-state index contributed by atoms with van der Waals surface area (Å²) >= 11 is 0. The smallest absolute Gasteiger partial charge is 0.270 e. The molecule has 0 bridgehead atoms. The first-order valence-electron chi connectivity index (χ1n) is 7.94. The summed E-state index contributed by atoms with van der Waals surface area (Å²) in [5, 5.41) is 16.1. The van der Waals surface area contributed by atoms with Crippen LogP contribution in [0.1, 0.15) is 49.4 Å². The molecule has 0 heterocycles. The number of hydrogen-bond acceptors (Lipinski definition) is 4. The summed E-state index contributed by atoms with van der Waals surface area (Å²) in [6, 6.07) is 2.76. The van der Waals surface area contributed by atoms with Gasteiger partial charge in [0, 0.05) is 18.7 Å². The molecule has 0 spiro atoms. The highest BCUT2D eigenvalue weighted by molar-refractivity contribution is 5.99. The van der Waals surface area contributed by atoms with Crippen molar-refractivity contribution >= 4 is 17.5 Å². The number of hydrogen-bond donors (Lipinski definition) is 2. The van der Waals surface area contributed by atoms with Gasteiger partial charge in [-0.05, 0) is 25.8 Å². The van der Waals surface area contributed by atoms with Crippen LogP contribution in [-0.4, -0.2) is 28.8 Å². The van der Waals surface area contributed by atoms with E-state index < -0.39 is 27.8 Å². The fraction of sp³-hybridized carbons (Fsp3) is 0.500. The third kappa shape index (κ3) is 3.69. The Morgan fingerprint density at radius 3 is 2.54 bits per heavy atom. The van der Waals surface area contributed by atoms with E-state index in [1.54, 1.807) is 6.92 Å². The zero-order chi connectivity index (χ0) is 17.7. The van der Waals surface area contributed by atoms with Gasteiger partial charge in [-0.2, -0.15) is 0 Å². The summed E-state index contributed by atoms with van der Waals surface area (Å²) in [6.07, 6.45) is 3.42. The van der Waals surface area contributed by atoms with E-state index in [2.05, 4.69) is 10.6 Å². The molecule has 0 unspecified atom stereocenters. The summed E-state index contributed by atoms with van der Waals surface area (Å²) in [4.78, 5) is 35.0. The second-order valence-electron chi connectivity index (χ2n) is 5.88. The molecule has 0 radical (unpaired) electrons. The molecule has 7 nitrogen and oxygen atoms in total. The molecule has 1 fully saturated rings. The zero-order valence-corrected chi connectivity index (χ0v) is 13.4. The molecule has 1 aromatic rings. The van der Waals surface area contributed by atoms with Crippen molar-refractivity contribution in [1.29, 1.82) is 0 Å². The monoisotopic (exact) mass is 337 g/mol. The average molecular weight is 337 g/mol. The first kappa shape index (κ1) is 17.8. The lowest BCUT2D eigenvalue weighted by Gasteiger charge is -2.36. The van der Waals surface area contributed by atoms with Gasteiger partial charge >= 0.3 is 0 Å². The normalized spacial score (nSPS) is 16.2. The van der Waals surface area contributed by atoms with Gasteiger partial charge < -0.3 is 10.6 Å². The number of carbonyl (C=O) groups is 2. The van der Waals surface area contributed by atoms with E-state index in [9.17, 15) is 24.1 Å². The lowest BCUT2D eigenvalue weighted by atomic mass is 9.80. The molecule has 8 heteroatoms. The van der Waals surface area contributed by atoms with E-state index in [0.717, 1.165) is 37.5 Å². The van der Waals surface area contributed by atoms with E-state index in [0.29, 0.717) is 19.4 Å². The summed E-state index contributed by atoms with van der Waals surface area (Å²) in [5.74, 6) is -1.98. The number of nitro groups is 1. The number of non-ortho nitro benzene ring substituents is 1. The second-order valence-corrected chi connectivity index (χ2v) is 5.88. The first-order valence-corrected chi connectivity index (χ1v) is 7.94. The molecule has 2 amide bonds. The quantitative estimate of drug-likeness (QED) is 0.636. The molecular weight excluding hydrogens is 317 g/mol. The Bertz CT molecular complexity index is 657. The van der Waals surface area contributed by atoms with Gasteiger partial charge in [-0.3, -0.25) is 19.7 Å². The molecule has 2 N–H and O–H groups in total. The molecule has 0 aliphatic heterocycles. The molecule has 130 valence electrons. The van der Waals surface area contributed by atoms with Gasteiger partial charge in [0.15, 0.2) is 0 Å². The fourth-order valence-electron chi connectivity index (χ4n) is 2.98. The van der Waals surface area contributed by atoms with Crippen LogP contribution in [0.5, 0.6) is 0 Å². The zero-order valence-electron chi connectivity index (χ0n) is 13.4. The van der Waals surface area contributed by atoms with Gasteiger partial charge in [0.05, 0.1) is 10.5 Å². The van der Waals surface area contributed by atoms with Crippen molar-refractivity contribution in [1.82, 2.24) is 10.6 Å². The van der Waals surface area contributed by atoms with Crippen LogP contribution in [0, 0.1) is 15.9 Å². The molecule has 1 saturated carbocycles. The predicted molar refractivity (Wildman–Crippen MR) is 85.0 cm³/mol. The molecule has 0 saturated heterocycles. The molecule has 24 heavy (non-hydrogen) atoms. The van der Waals surface area contributed by atoms with Crippen LogP contribution in [0.2, 0.25) is 0 Å². The number of benzene rings is 1. The van der Waals surface area contributed by atoms with E-state index in [1.165, 1.54) is 0 Å². The van der Waals surface area contributed by atoms with E-state index in [4.69, 9.17) is 0 Å². The number of halogens is 1. The number of nitro benzene ring substituents is 1. The SMILES string of the molecule is CCNC(=O)C1(NC(=O)c2cc([N+](=O)[O-])ccc2F)CCCCC1. The van der Waals surface area contributed by atoms with Crippen LogP contribution < -0.4 is 10.6 Å². The van der Waals surface area contributed by atoms with Crippen molar-refractivity contribution in [2.45, 2.75) is 44.6 Å². The first-order chi connectivity index (χ1) is 11.4. The Kier molecular flexibility index (Phi) is 5.48. The Balaban J connectivity index is 2.29. The highest BCUT2D eigenvalue weighted by Gasteiger charge is 2.41. The Morgan fingerprint density at radius 2 is 1.96 bits per heavy atom. The molecule has 1 aliphatic carbocycles. The van der Waals surface area contributed by atoms with E-state index in [-0.39, 0.29) is 11.6 Å². The molecule has 1 aliphatic rings. The third-order valence-electron chi connectivity index (χ3n) is 4.24. The number of likely N-dealkylation sites (N-methyl/N-ethyl adjacent to an activating group) is 1. The predicted octanol–water partition coefficient (Wildman–Crippen LogP) is 2.30. The number of rotatable bonds is 5. The number of nitrogens with zero attached hydrogens (tertiary/aromatic N) is 1. The summed E-state index contributed by atoms with van der Waals surface area (Å²) in [5.41, 5.74) is -1.90. The fourth-order valence-corrected chi connectivity index (χ4v) is 2.98. The van der Waals surface area contributed by atoms with Gasteiger partial charge in [0.2, 0.25) is 5.91 Å². The van der Waals surface area contributed by atoms with Crippen LogP contribution in [0.3, 0.4) is 0 Å². The van der Waals surface area contributed by atoms with Gasteiger partial charge in [0.25, 0.3) is 11.6 Å². The van der Waals surface area contributed by atoms with Crippen LogP contribution in [0.15, 0.2) is 18.2 Å². The standard InChI is InChI=1S/C16H20FN3O4/c1-2-18-15(22)16(8-4-3-5-9-16)19-14(21)12-10-11(20(23)24)6-7-13(12)17/h6-7,10H,2-5,8-9H2,1H3,(H,18,22)(H,19,21). The van der Waals surface area contributed by atoms with Gasteiger partial charge in [-0.15, -0.1) is 0 Å². The maximum atomic E-state index is 13.9. The van der Waals surface area contributed by atoms with Gasteiger partial charge in [-0.25, -0.2) is 4.39 Å². The topological polar surface area (TPSA) is 101 Å². The Hall–Kier alpha value is -2.51. The highest BCUT2D eigenvalue weighted by Crippen LogP contribution is 2.29. The van der Waals surface area contributed by atoms with Crippen molar-refractivity contribution < 1.29 is 18.9 Å². The summed E-state index contributed by atoms with van der Waals surface area (Å²) in [7, 11) is 0. The van der Waals surface area contributed by atoms with Crippen LogP contribution in [-0.2, 0) is 4.79 Å². The van der Waals surface area contributed by atoms with Crippen molar-refractivity contribution in [2.75, 3.05) is 6.54 Å². The summed E-state index contributed by atoms with van der Waals surface area (Å²) in [6.45, 7) is 2.19. The minimum absolute atomic E-state index is 0.302. The number of carbonyl (C=O) groups excluding carboxylic acids is 2. The van der Waals surface area contributed by atoms with Crippen LogP contribution in [0.4, 0.5) is 10.1 Å². The van der Waals surface area contributed by atoms with Crippen LogP contribution in [0.25, 0.3) is 0 Å². The van der Waals surface area contributed by atoms with E-state index in [1.807, 2.05) is 0 Å². The van der Waals surface area contributed by atoms with Crippen molar-refractivity contribution in [3.63, 3.8) is 0 Å². The lowest BCUT2D eigenvalue weighted by Crippen LogP contribution is -2.59. The number of amides is 2. The van der Waals surface area contributed by atoms with Crippen molar-refractivity contribution in [2.24, 2.45) is 0 Å². The molecule has 0 atom stereocenters. The van der Waals surface area contributed by atoms with Crippen LogP contribution >= 0.6 is 0 Å². The molecular formula is C16H20FN3O4. The lowest BCUT2D eigenvalue weighted by molar-refractivity contribution is -0.384. The van der Waals surface area contributed by atoms with Crippen molar-refractivity contribution in [3.05, 3.63) is 39.7 Å². The average Bonchev–Trinajstić information content (AvgIpc) is 2.56. The molecule has 2 rings (SSSR count). The highest BCUT2D eigenvalue weighted by atomic mass is 19.1. The minimum Gasteiger partial charge on any atom is -0.354 e. The second kappa shape index (κ2) is 7.37. The summed E-state index contributed by atoms with van der Waals surface area (Å²) < 4.78 is 13.9. The Morgan fingerprint density at radius 1 is 1.29 bits per heavy atom. The van der Waals surface area contributed by atoms with E-state index >= 15 is 0 Å². The van der Waals surface area contributed by atoms with Crippen molar-refractivity contribution in [3.8, 4) is 0 Å². The van der Waals surface area contributed by atoms with Gasteiger partial charge in [0.1, 0.15) is 11.4 Å². The van der Waals surface area contributed by atoms with Gasteiger partial charge in [-0.1, -0.05) is 19.3 Å². The third-order valence-corrected chi connectivity index (χ3v) is 4.24.